The van der Waals surface area contributed by atoms with E-state index in [2.05, 4.69) is 15.9 Å². The van der Waals surface area contributed by atoms with Crippen LogP contribution in [0.1, 0.15) is 33.3 Å². The molecule has 0 unspecified atom stereocenters. The molecule has 0 aliphatic rings. The van der Waals surface area contributed by atoms with Gasteiger partial charge in [0.1, 0.15) is 5.78 Å². The summed E-state index contributed by atoms with van der Waals surface area (Å²) < 4.78 is 0.905. The molecule has 0 saturated carbocycles. The minimum Gasteiger partial charge on any atom is -0.325 e. The molecule has 4 heteroatoms. The third-order valence-corrected chi connectivity index (χ3v) is 4.52. The first kappa shape index (κ1) is 15.7. The van der Waals surface area contributed by atoms with E-state index in [0.29, 0.717) is 11.4 Å². The predicted molar refractivity (Wildman–Crippen MR) is 79.9 cm³/mol. The van der Waals surface area contributed by atoms with Crippen LogP contribution in [0, 0.1) is 5.41 Å². The molecule has 1 aromatic carbocycles. The van der Waals surface area contributed by atoms with Crippen molar-refractivity contribution in [2.75, 3.05) is 0 Å². The lowest BCUT2D eigenvalue weighted by Crippen LogP contribution is -2.52. The number of Topliss-reactive ketones (excluding diaryl/α,β-unsaturated/α-hetero) is 1. The van der Waals surface area contributed by atoms with E-state index in [4.69, 9.17) is 17.3 Å². The van der Waals surface area contributed by atoms with E-state index >= 15 is 0 Å². The number of benzene rings is 1. The van der Waals surface area contributed by atoms with Crippen LogP contribution >= 0.6 is 27.5 Å². The Hall–Kier alpha value is -0.380. The minimum absolute atomic E-state index is 0.0965. The van der Waals surface area contributed by atoms with Crippen LogP contribution < -0.4 is 5.73 Å². The first-order valence-electron chi connectivity index (χ1n) is 5.82. The Kier molecular flexibility index (Phi) is 4.63. The summed E-state index contributed by atoms with van der Waals surface area (Å²) in [5, 5.41) is 0.600. The van der Waals surface area contributed by atoms with E-state index in [-0.39, 0.29) is 5.78 Å². The molecule has 0 aliphatic heterocycles. The van der Waals surface area contributed by atoms with E-state index in [0.717, 1.165) is 10.0 Å². The molecular formula is C14H19BrClNO. The van der Waals surface area contributed by atoms with Crippen molar-refractivity contribution in [2.24, 2.45) is 11.1 Å². The molecule has 2 N–H and O–H groups in total. The molecule has 0 spiro atoms. The van der Waals surface area contributed by atoms with Gasteiger partial charge < -0.3 is 5.73 Å². The molecule has 0 heterocycles. The van der Waals surface area contributed by atoms with Gasteiger partial charge in [0.05, 0.1) is 0 Å². The number of ketones is 1. The van der Waals surface area contributed by atoms with E-state index in [1.165, 1.54) is 0 Å². The number of carbonyl (C=O) groups is 1. The zero-order chi connectivity index (χ0) is 14.1. The van der Waals surface area contributed by atoms with Gasteiger partial charge in [-0.3, -0.25) is 4.79 Å². The van der Waals surface area contributed by atoms with Gasteiger partial charge in [-0.05, 0) is 31.5 Å². The number of hydrogen-bond donors (Lipinski definition) is 1. The lowest BCUT2D eigenvalue weighted by atomic mass is 9.71. The second-order valence-electron chi connectivity index (χ2n) is 5.68. The zero-order valence-corrected chi connectivity index (χ0v) is 13.5. The number of halogens is 2. The summed E-state index contributed by atoms with van der Waals surface area (Å²) in [5.41, 5.74) is 5.75. The van der Waals surface area contributed by atoms with E-state index in [1.807, 2.05) is 39.8 Å². The van der Waals surface area contributed by atoms with Gasteiger partial charge in [0, 0.05) is 26.9 Å². The van der Waals surface area contributed by atoms with Crippen LogP contribution in [0.25, 0.3) is 0 Å². The monoisotopic (exact) mass is 331 g/mol. The van der Waals surface area contributed by atoms with Crippen molar-refractivity contribution >= 4 is 33.3 Å². The van der Waals surface area contributed by atoms with Crippen LogP contribution in [0.3, 0.4) is 0 Å². The Morgan fingerprint density at radius 2 is 1.89 bits per heavy atom. The topological polar surface area (TPSA) is 43.1 Å². The molecule has 0 saturated heterocycles. The van der Waals surface area contributed by atoms with Gasteiger partial charge in [-0.1, -0.05) is 47.4 Å². The SMILES string of the molecule is CC(C)(N)C(C)(C)C(=O)Cc1ccc(Br)cc1Cl. The molecule has 1 rings (SSSR count). The van der Waals surface area contributed by atoms with Gasteiger partial charge in [0.2, 0.25) is 0 Å². The number of carbonyl (C=O) groups excluding carboxylic acids is 1. The third kappa shape index (κ3) is 3.34. The van der Waals surface area contributed by atoms with Crippen molar-refractivity contribution in [2.45, 2.75) is 39.7 Å². The molecule has 0 amide bonds. The molecule has 0 aliphatic carbocycles. The largest absolute Gasteiger partial charge is 0.325 e. The predicted octanol–water partition coefficient (Wildman–Crippen LogP) is 3.98. The second kappa shape index (κ2) is 5.32. The molecule has 2 nitrogen and oxygen atoms in total. The van der Waals surface area contributed by atoms with Gasteiger partial charge in [-0.15, -0.1) is 0 Å². The van der Waals surface area contributed by atoms with Gasteiger partial charge in [0.15, 0.2) is 0 Å². The van der Waals surface area contributed by atoms with Gasteiger partial charge in [0.25, 0.3) is 0 Å². The molecule has 0 radical (unpaired) electrons. The third-order valence-electron chi connectivity index (χ3n) is 3.67. The summed E-state index contributed by atoms with van der Waals surface area (Å²) in [4.78, 5) is 12.4. The number of hydrogen-bond acceptors (Lipinski definition) is 2. The maximum absolute atomic E-state index is 12.4. The first-order valence-corrected chi connectivity index (χ1v) is 6.99. The van der Waals surface area contributed by atoms with E-state index in [1.54, 1.807) is 6.07 Å². The first-order chi connectivity index (χ1) is 8.05. The average molecular weight is 333 g/mol. The molecule has 100 valence electrons. The van der Waals surface area contributed by atoms with E-state index < -0.39 is 11.0 Å². The summed E-state index contributed by atoms with van der Waals surface area (Å²) in [6, 6.07) is 5.55. The van der Waals surface area contributed by atoms with Gasteiger partial charge >= 0.3 is 0 Å². The van der Waals surface area contributed by atoms with Gasteiger partial charge in [-0.2, -0.15) is 0 Å². The van der Waals surface area contributed by atoms with Crippen molar-refractivity contribution < 1.29 is 4.79 Å². The maximum Gasteiger partial charge on any atom is 0.144 e. The van der Waals surface area contributed by atoms with Crippen molar-refractivity contribution in [1.82, 2.24) is 0 Å². The average Bonchev–Trinajstić information content (AvgIpc) is 2.20. The van der Waals surface area contributed by atoms with E-state index in [9.17, 15) is 4.79 Å². The fraction of sp³-hybridized carbons (Fsp3) is 0.500. The summed E-state index contributed by atoms with van der Waals surface area (Å²) in [5.74, 6) is 0.0965. The Bertz CT molecular complexity index is 463. The van der Waals surface area contributed by atoms with Crippen LogP contribution in [0.5, 0.6) is 0 Å². The molecule has 0 fully saturated rings. The highest BCUT2D eigenvalue weighted by Gasteiger charge is 2.39. The highest BCUT2D eigenvalue weighted by Crippen LogP contribution is 2.32. The van der Waals surface area contributed by atoms with Crippen molar-refractivity contribution in [3.8, 4) is 0 Å². The van der Waals surface area contributed by atoms with Crippen LogP contribution in [-0.4, -0.2) is 11.3 Å². The van der Waals surface area contributed by atoms with Crippen molar-refractivity contribution in [1.29, 1.82) is 0 Å². The highest BCUT2D eigenvalue weighted by atomic mass is 79.9. The van der Waals surface area contributed by atoms with Crippen LogP contribution in [0.15, 0.2) is 22.7 Å². The summed E-state index contributed by atoms with van der Waals surface area (Å²) >= 11 is 9.47. The molecule has 0 aromatic heterocycles. The lowest BCUT2D eigenvalue weighted by molar-refractivity contribution is -0.129. The normalized spacial score (nSPS) is 12.6. The van der Waals surface area contributed by atoms with Gasteiger partial charge in [-0.25, -0.2) is 0 Å². The number of nitrogens with two attached hydrogens (primary N) is 1. The van der Waals surface area contributed by atoms with Crippen LogP contribution in [0.2, 0.25) is 5.02 Å². The Morgan fingerprint density at radius 1 is 1.33 bits per heavy atom. The standard InChI is InChI=1S/C14H19BrClNO/c1-13(2,14(3,4)17)12(18)7-9-5-6-10(15)8-11(9)16/h5-6,8H,7,17H2,1-4H3. The molecular weight excluding hydrogens is 314 g/mol. The summed E-state index contributed by atoms with van der Waals surface area (Å²) in [6.45, 7) is 7.49. The highest BCUT2D eigenvalue weighted by molar-refractivity contribution is 9.10. The smallest absolute Gasteiger partial charge is 0.144 e. The molecule has 0 atom stereocenters. The Balaban J connectivity index is 2.95. The van der Waals surface area contributed by atoms with Crippen molar-refractivity contribution in [3.63, 3.8) is 0 Å². The maximum atomic E-state index is 12.4. The molecule has 1 aromatic rings. The summed E-state index contributed by atoms with van der Waals surface area (Å²) in [6.07, 6.45) is 0.305. The fourth-order valence-corrected chi connectivity index (χ4v) is 2.16. The fourth-order valence-electron chi connectivity index (χ4n) is 1.42. The van der Waals surface area contributed by atoms with Crippen LogP contribution in [-0.2, 0) is 11.2 Å². The second-order valence-corrected chi connectivity index (χ2v) is 7.01. The molecule has 18 heavy (non-hydrogen) atoms. The van der Waals surface area contributed by atoms with Crippen molar-refractivity contribution in [3.05, 3.63) is 33.3 Å². The zero-order valence-electron chi connectivity index (χ0n) is 11.2. The minimum atomic E-state index is -0.594. The number of rotatable bonds is 4. The Labute approximate surface area is 122 Å². The quantitative estimate of drug-likeness (QED) is 0.906. The lowest BCUT2D eigenvalue weighted by Gasteiger charge is -2.37. The Morgan fingerprint density at radius 3 is 2.33 bits per heavy atom. The molecule has 0 bridgehead atoms. The summed E-state index contributed by atoms with van der Waals surface area (Å²) in [7, 11) is 0. The van der Waals surface area contributed by atoms with Crippen LogP contribution in [0.4, 0.5) is 0 Å².